The van der Waals surface area contributed by atoms with Crippen molar-refractivity contribution in [2.24, 2.45) is 0 Å². The van der Waals surface area contributed by atoms with Crippen LogP contribution in [0.2, 0.25) is 0 Å². The lowest BCUT2D eigenvalue weighted by Gasteiger charge is -2.34. The Morgan fingerprint density at radius 2 is 1.84 bits per heavy atom. The number of hydrogen-bond donors (Lipinski definition) is 2. The van der Waals surface area contributed by atoms with E-state index in [2.05, 4.69) is 15.5 Å². The predicted molar refractivity (Wildman–Crippen MR) is 128 cm³/mol. The lowest BCUT2D eigenvalue weighted by molar-refractivity contribution is 0.250. The summed E-state index contributed by atoms with van der Waals surface area (Å²) >= 11 is 5.77. The normalized spacial score (nSPS) is 14.5. The maximum absolute atomic E-state index is 13.2. The Bertz CT molecular complexity index is 908. The highest BCUT2D eigenvalue weighted by Gasteiger charge is 2.23. The van der Waals surface area contributed by atoms with Crippen molar-refractivity contribution in [1.82, 2.24) is 15.1 Å². The summed E-state index contributed by atoms with van der Waals surface area (Å²) < 4.78 is 13.2. The molecular formula is C24H31FN4OS. The number of piperidine rings is 1. The van der Waals surface area contributed by atoms with E-state index in [-0.39, 0.29) is 11.8 Å². The highest BCUT2D eigenvalue weighted by molar-refractivity contribution is 7.80. The Morgan fingerprint density at radius 1 is 1.16 bits per heavy atom. The number of urea groups is 1. The molecule has 0 saturated carbocycles. The molecule has 1 fully saturated rings. The maximum atomic E-state index is 13.2. The Kier molecular flexibility index (Phi) is 7.98. The van der Waals surface area contributed by atoms with Gasteiger partial charge >= 0.3 is 6.03 Å². The molecule has 1 saturated heterocycles. The van der Waals surface area contributed by atoms with E-state index in [9.17, 15) is 9.18 Å². The minimum atomic E-state index is -0.215. The van der Waals surface area contributed by atoms with Crippen molar-refractivity contribution in [3.63, 3.8) is 0 Å². The molecule has 2 N–H and O–H groups in total. The number of nitrogens with one attached hydrogen (secondary N) is 2. The van der Waals surface area contributed by atoms with E-state index >= 15 is 0 Å². The zero-order valence-electron chi connectivity index (χ0n) is 18.5. The van der Waals surface area contributed by atoms with Crippen LogP contribution in [0.4, 0.5) is 14.9 Å². The van der Waals surface area contributed by atoms with Crippen LogP contribution in [0, 0.1) is 12.7 Å². The lowest BCUT2D eigenvalue weighted by Crippen LogP contribution is -2.37. The minimum absolute atomic E-state index is 0.197. The molecule has 0 aromatic heterocycles. The van der Waals surface area contributed by atoms with Crippen LogP contribution in [0.15, 0.2) is 42.5 Å². The quantitative estimate of drug-likeness (QED) is 0.652. The van der Waals surface area contributed by atoms with Gasteiger partial charge in [0, 0.05) is 37.4 Å². The number of nitrogens with zero attached hydrogens (tertiary/aromatic N) is 2. The first-order valence-electron chi connectivity index (χ1n) is 10.7. The molecule has 0 unspecified atom stereocenters. The van der Waals surface area contributed by atoms with Crippen LogP contribution >= 0.6 is 12.2 Å². The first-order chi connectivity index (χ1) is 14.8. The van der Waals surface area contributed by atoms with Gasteiger partial charge < -0.3 is 20.4 Å². The average Bonchev–Trinajstić information content (AvgIpc) is 2.75. The molecule has 0 bridgehead atoms. The van der Waals surface area contributed by atoms with Crippen LogP contribution in [0.1, 0.15) is 35.4 Å². The second-order valence-electron chi connectivity index (χ2n) is 8.33. The monoisotopic (exact) mass is 442 g/mol. The van der Waals surface area contributed by atoms with Gasteiger partial charge in [-0.05, 0) is 69.1 Å². The van der Waals surface area contributed by atoms with Crippen LogP contribution in [0.25, 0.3) is 0 Å². The summed E-state index contributed by atoms with van der Waals surface area (Å²) in [5.41, 5.74) is 3.88. The molecule has 166 valence electrons. The molecule has 2 amide bonds. The molecule has 1 aliphatic heterocycles. The van der Waals surface area contributed by atoms with Crippen LogP contribution in [-0.2, 0) is 0 Å². The van der Waals surface area contributed by atoms with Gasteiger partial charge in [-0.15, -0.1) is 0 Å². The molecule has 3 rings (SSSR count). The second kappa shape index (κ2) is 10.7. The molecule has 1 aliphatic rings. The SMILES string of the molecule is Cc1ccc(C(=S)N2CCC(c3ccc(F)cc3)CC2)cc1NC(=O)NCCN(C)C. The smallest absolute Gasteiger partial charge is 0.319 e. The second-order valence-corrected chi connectivity index (χ2v) is 8.72. The van der Waals surface area contributed by atoms with Gasteiger partial charge in [0.25, 0.3) is 0 Å². The summed E-state index contributed by atoms with van der Waals surface area (Å²) in [5.74, 6) is 0.235. The van der Waals surface area contributed by atoms with Gasteiger partial charge in [-0.1, -0.05) is 36.5 Å². The van der Waals surface area contributed by atoms with Crippen LogP contribution in [0.5, 0.6) is 0 Å². The molecule has 0 aliphatic carbocycles. The number of rotatable bonds is 6. The Morgan fingerprint density at radius 3 is 2.48 bits per heavy atom. The molecule has 7 heteroatoms. The molecule has 0 spiro atoms. The van der Waals surface area contributed by atoms with E-state index in [0.29, 0.717) is 12.5 Å². The largest absolute Gasteiger partial charge is 0.362 e. The minimum Gasteiger partial charge on any atom is -0.362 e. The lowest BCUT2D eigenvalue weighted by atomic mass is 9.89. The summed E-state index contributed by atoms with van der Waals surface area (Å²) in [7, 11) is 3.94. The fraction of sp³-hybridized carbons (Fsp3) is 0.417. The van der Waals surface area contributed by atoms with Gasteiger partial charge in [0.1, 0.15) is 10.8 Å². The third-order valence-electron chi connectivity index (χ3n) is 5.70. The number of thiocarbonyl (C=S) groups is 1. The number of hydrogen-bond acceptors (Lipinski definition) is 3. The number of carbonyl (C=O) groups excluding carboxylic acids is 1. The number of anilines is 1. The van der Waals surface area contributed by atoms with Gasteiger partial charge in [0.2, 0.25) is 0 Å². The van der Waals surface area contributed by atoms with Crippen molar-refractivity contribution < 1.29 is 9.18 Å². The predicted octanol–water partition coefficient (Wildman–Crippen LogP) is 4.37. The Labute approximate surface area is 189 Å². The van der Waals surface area contributed by atoms with E-state index in [1.54, 1.807) is 0 Å². The van der Waals surface area contributed by atoms with Crippen molar-refractivity contribution in [3.05, 3.63) is 65.0 Å². The number of likely N-dealkylation sites (tertiary alicyclic amines) is 1. The highest BCUT2D eigenvalue weighted by Crippen LogP contribution is 2.29. The van der Waals surface area contributed by atoms with Crippen molar-refractivity contribution in [2.45, 2.75) is 25.7 Å². The summed E-state index contributed by atoms with van der Waals surface area (Å²) in [6, 6.07) is 12.6. The topological polar surface area (TPSA) is 47.6 Å². The summed E-state index contributed by atoms with van der Waals surface area (Å²) in [5, 5.41) is 5.81. The van der Waals surface area contributed by atoms with E-state index in [4.69, 9.17) is 12.2 Å². The maximum Gasteiger partial charge on any atom is 0.319 e. The van der Waals surface area contributed by atoms with Crippen LogP contribution < -0.4 is 10.6 Å². The molecular weight excluding hydrogens is 411 g/mol. The zero-order valence-corrected chi connectivity index (χ0v) is 19.3. The van der Waals surface area contributed by atoms with Crippen LogP contribution in [0.3, 0.4) is 0 Å². The van der Waals surface area contributed by atoms with Gasteiger partial charge in [-0.3, -0.25) is 0 Å². The number of benzene rings is 2. The van der Waals surface area contributed by atoms with Gasteiger partial charge in [0.05, 0.1) is 0 Å². The average molecular weight is 443 g/mol. The zero-order chi connectivity index (χ0) is 22.4. The number of amides is 2. The summed E-state index contributed by atoms with van der Waals surface area (Å²) in [4.78, 5) is 17.3. The Balaban J connectivity index is 1.58. The highest BCUT2D eigenvalue weighted by atomic mass is 32.1. The van der Waals surface area contributed by atoms with Crippen LogP contribution in [-0.4, -0.2) is 61.1 Å². The van der Waals surface area contributed by atoms with E-state index in [0.717, 1.165) is 54.3 Å². The standard InChI is InChI=1S/C24H31FN4OS/c1-17-4-5-20(16-22(17)27-24(30)26-12-15-28(2)3)23(31)29-13-10-19(11-14-29)18-6-8-21(25)9-7-18/h4-9,16,19H,10-15H2,1-3H3,(H2,26,27,30). The number of likely N-dealkylation sites (N-methyl/N-ethyl adjacent to an activating group) is 1. The molecule has 5 nitrogen and oxygen atoms in total. The number of carbonyl (C=O) groups is 1. The third kappa shape index (κ3) is 6.48. The first kappa shape index (κ1) is 23.2. The summed E-state index contributed by atoms with van der Waals surface area (Å²) in [6.45, 7) is 5.06. The molecule has 2 aromatic rings. The van der Waals surface area contributed by atoms with Crippen molar-refractivity contribution in [3.8, 4) is 0 Å². The first-order valence-corrected chi connectivity index (χ1v) is 11.1. The Hall–Kier alpha value is -2.51. The van der Waals surface area contributed by atoms with Crippen molar-refractivity contribution >= 4 is 28.9 Å². The van der Waals surface area contributed by atoms with Crippen molar-refractivity contribution in [2.75, 3.05) is 45.6 Å². The van der Waals surface area contributed by atoms with Gasteiger partial charge in [-0.2, -0.15) is 0 Å². The molecule has 0 atom stereocenters. The van der Waals surface area contributed by atoms with Gasteiger partial charge in [0.15, 0.2) is 0 Å². The fourth-order valence-electron chi connectivity index (χ4n) is 3.78. The van der Waals surface area contributed by atoms with E-state index in [1.165, 1.54) is 17.7 Å². The molecule has 0 radical (unpaired) electrons. The van der Waals surface area contributed by atoms with E-state index in [1.807, 2.05) is 56.3 Å². The van der Waals surface area contributed by atoms with E-state index < -0.39 is 0 Å². The molecule has 1 heterocycles. The number of aryl methyl sites for hydroxylation is 1. The van der Waals surface area contributed by atoms with Crippen molar-refractivity contribution in [1.29, 1.82) is 0 Å². The number of halogens is 1. The molecule has 31 heavy (non-hydrogen) atoms. The summed E-state index contributed by atoms with van der Waals surface area (Å²) in [6.07, 6.45) is 1.97. The molecule has 2 aromatic carbocycles. The third-order valence-corrected chi connectivity index (χ3v) is 6.19. The fourth-order valence-corrected chi connectivity index (χ4v) is 4.09. The van der Waals surface area contributed by atoms with Gasteiger partial charge in [-0.25, -0.2) is 9.18 Å².